The summed E-state index contributed by atoms with van der Waals surface area (Å²) < 4.78 is 33.1. The fourth-order valence-electron chi connectivity index (χ4n) is 3.08. The Hall–Kier alpha value is -1.85. The number of rotatable bonds is 6. The first-order chi connectivity index (χ1) is 12.0. The zero-order chi connectivity index (χ0) is 17.9. The minimum Gasteiger partial charge on any atom is -0.489 e. The molecule has 2 aromatic rings. The minimum absolute atomic E-state index is 0.115. The quantitative estimate of drug-likeness (QED) is 0.849. The van der Waals surface area contributed by atoms with Gasteiger partial charge in [-0.25, -0.2) is 13.1 Å². The molecule has 1 fully saturated rings. The van der Waals surface area contributed by atoms with Gasteiger partial charge < -0.3 is 4.74 Å². The maximum Gasteiger partial charge on any atom is 0.214 e. The Balaban J connectivity index is 1.67. The van der Waals surface area contributed by atoms with Gasteiger partial charge >= 0.3 is 0 Å². The smallest absolute Gasteiger partial charge is 0.214 e. The molecule has 0 spiro atoms. The molecule has 2 atom stereocenters. The molecule has 0 heterocycles. The van der Waals surface area contributed by atoms with Crippen molar-refractivity contribution in [2.45, 2.75) is 50.5 Å². The summed E-state index contributed by atoms with van der Waals surface area (Å²) in [5.41, 5.74) is 2.30. The molecule has 0 radical (unpaired) electrons. The second kappa shape index (κ2) is 7.58. The largest absolute Gasteiger partial charge is 0.489 e. The number of benzene rings is 2. The molecule has 1 aliphatic carbocycles. The molecule has 1 saturated carbocycles. The van der Waals surface area contributed by atoms with Gasteiger partial charge in [0, 0.05) is 0 Å². The Morgan fingerprint density at radius 1 is 0.960 bits per heavy atom. The van der Waals surface area contributed by atoms with Crippen LogP contribution in [-0.2, 0) is 10.0 Å². The zero-order valence-corrected chi connectivity index (χ0v) is 15.5. The summed E-state index contributed by atoms with van der Waals surface area (Å²) >= 11 is 0. The van der Waals surface area contributed by atoms with Crippen LogP contribution in [-0.4, -0.2) is 25.8 Å². The zero-order valence-electron chi connectivity index (χ0n) is 14.7. The maximum atomic E-state index is 12.1. The third-order valence-corrected chi connectivity index (χ3v) is 6.51. The second-order valence-corrected chi connectivity index (χ2v) is 9.06. The summed E-state index contributed by atoms with van der Waals surface area (Å²) in [6.07, 6.45) is 2.54. The first-order valence-electron chi connectivity index (χ1n) is 8.79. The standard InChI is InChI=1S/C20H25NO3S/c1-15(2)25(22,23)21-19-9-6-10-20(19)24-18-13-11-17(12-14-18)16-7-4-3-5-8-16/h3-5,7-8,11-15,19-21H,6,9-10H2,1-2H3/t19-,20+/m0/s1. The van der Waals surface area contributed by atoms with Gasteiger partial charge in [0.25, 0.3) is 0 Å². The van der Waals surface area contributed by atoms with Gasteiger partial charge in [-0.15, -0.1) is 0 Å². The van der Waals surface area contributed by atoms with Gasteiger partial charge in [0.15, 0.2) is 0 Å². The van der Waals surface area contributed by atoms with Crippen LogP contribution in [0.1, 0.15) is 33.1 Å². The van der Waals surface area contributed by atoms with Crippen molar-refractivity contribution in [2.24, 2.45) is 0 Å². The molecular weight excluding hydrogens is 334 g/mol. The highest BCUT2D eigenvalue weighted by Gasteiger charge is 2.33. The van der Waals surface area contributed by atoms with Crippen LogP contribution in [0.15, 0.2) is 54.6 Å². The first-order valence-corrected chi connectivity index (χ1v) is 10.3. The van der Waals surface area contributed by atoms with Gasteiger partial charge in [-0.3, -0.25) is 0 Å². The number of sulfonamides is 1. The first kappa shape index (κ1) is 18.0. The lowest BCUT2D eigenvalue weighted by Crippen LogP contribution is -2.44. The van der Waals surface area contributed by atoms with E-state index in [1.165, 1.54) is 0 Å². The number of hydrogen-bond donors (Lipinski definition) is 1. The third kappa shape index (κ3) is 4.41. The monoisotopic (exact) mass is 359 g/mol. The lowest BCUT2D eigenvalue weighted by molar-refractivity contribution is 0.185. The number of ether oxygens (including phenoxy) is 1. The van der Waals surface area contributed by atoms with Crippen LogP contribution in [0.3, 0.4) is 0 Å². The Morgan fingerprint density at radius 3 is 2.24 bits per heavy atom. The lowest BCUT2D eigenvalue weighted by atomic mass is 10.1. The fraction of sp³-hybridized carbons (Fsp3) is 0.400. The minimum atomic E-state index is -3.28. The highest BCUT2D eigenvalue weighted by Crippen LogP contribution is 2.27. The average molecular weight is 359 g/mol. The molecule has 0 amide bonds. The average Bonchev–Trinajstić information content (AvgIpc) is 3.02. The predicted molar refractivity (Wildman–Crippen MR) is 101 cm³/mol. The molecule has 1 N–H and O–H groups in total. The van der Waals surface area contributed by atoms with Crippen LogP contribution in [0.2, 0.25) is 0 Å². The Labute approximate surface area is 150 Å². The van der Waals surface area contributed by atoms with Gasteiger partial charge in [0.1, 0.15) is 11.9 Å². The Kier molecular flexibility index (Phi) is 5.45. The van der Waals surface area contributed by atoms with E-state index in [2.05, 4.69) is 16.9 Å². The Bertz CT molecular complexity index is 785. The molecule has 5 heteroatoms. The summed E-state index contributed by atoms with van der Waals surface area (Å²) in [5.74, 6) is 0.778. The molecular formula is C20H25NO3S. The van der Waals surface area contributed by atoms with Crippen LogP contribution in [0.5, 0.6) is 5.75 Å². The van der Waals surface area contributed by atoms with Crippen molar-refractivity contribution >= 4 is 10.0 Å². The van der Waals surface area contributed by atoms with Crippen LogP contribution >= 0.6 is 0 Å². The second-order valence-electron chi connectivity index (χ2n) is 6.80. The van der Waals surface area contributed by atoms with Crippen molar-refractivity contribution in [3.63, 3.8) is 0 Å². The normalized spacial score (nSPS) is 20.8. The molecule has 0 bridgehead atoms. The molecule has 0 aromatic heterocycles. The van der Waals surface area contributed by atoms with E-state index >= 15 is 0 Å². The molecule has 2 aromatic carbocycles. The molecule has 0 unspecified atom stereocenters. The van der Waals surface area contributed by atoms with Gasteiger partial charge in [-0.05, 0) is 56.4 Å². The molecule has 3 rings (SSSR count). The van der Waals surface area contributed by atoms with E-state index in [1.54, 1.807) is 13.8 Å². The van der Waals surface area contributed by atoms with Crippen molar-refractivity contribution in [3.8, 4) is 16.9 Å². The molecule has 0 aliphatic heterocycles. The van der Waals surface area contributed by atoms with Crippen LogP contribution < -0.4 is 9.46 Å². The fourth-order valence-corrected chi connectivity index (χ4v) is 4.04. The topological polar surface area (TPSA) is 55.4 Å². The highest BCUT2D eigenvalue weighted by molar-refractivity contribution is 7.90. The van der Waals surface area contributed by atoms with Crippen molar-refractivity contribution < 1.29 is 13.2 Å². The third-order valence-electron chi connectivity index (χ3n) is 4.64. The highest BCUT2D eigenvalue weighted by atomic mass is 32.2. The van der Waals surface area contributed by atoms with Crippen molar-refractivity contribution in [1.82, 2.24) is 4.72 Å². The van der Waals surface area contributed by atoms with Gasteiger partial charge in [-0.2, -0.15) is 0 Å². The summed E-state index contributed by atoms with van der Waals surface area (Å²) in [6, 6.07) is 18.0. The molecule has 1 aliphatic rings. The van der Waals surface area contributed by atoms with Crippen LogP contribution in [0.4, 0.5) is 0 Å². The molecule has 25 heavy (non-hydrogen) atoms. The molecule has 4 nitrogen and oxygen atoms in total. The van der Waals surface area contributed by atoms with Crippen LogP contribution in [0.25, 0.3) is 11.1 Å². The summed E-state index contributed by atoms with van der Waals surface area (Å²) in [7, 11) is -3.28. The van der Waals surface area contributed by atoms with E-state index in [9.17, 15) is 8.42 Å². The van der Waals surface area contributed by atoms with Crippen molar-refractivity contribution in [2.75, 3.05) is 0 Å². The van der Waals surface area contributed by atoms with E-state index in [1.807, 2.05) is 42.5 Å². The van der Waals surface area contributed by atoms with Gasteiger partial charge in [0.2, 0.25) is 10.0 Å². The summed E-state index contributed by atoms with van der Waals surface area (Å²) in [6.45, 7) is 3.38. The molecule has 0 saturated heterocycles. The van der Waals surface area contributed by atoms with Gasteiger partial charge in [-0.1, -0.05) is 42.5 Å². The number of hydrogen-bond acceptors (Lipinski definition) is 3. The summed E-state index contributed by atoms with van der Waals surface area (Å²) in [5, 5.41) is -0.432. The SMILES string of the molecule is CC(C)S(=O)(=O)N[C@H]1CCC[C@H]1Oc1ccc(-c2ccccc2)cc1. The molecule has 134 valence electrons. The predicted octanol–water partition coefficient (Wildman–Crippen LogP) is 3.98. The van der Waals surface area contributed by atoms with E-state index < -0.39 is 15.3 Å². The Morgan fingerprint density at radius 2 is 1.60 bits per heavy atom. The van der Waals surface area contributed by atoms with E-state index in [0.717, 1.165) is 36.1 Å². The lowest BCUT2D eigenvalue weighted by Gasteiger charge is -2.23. The van der Waals surface area contributed by atoms with Crippen molar-refractivity contribution in [1.29, 1.82) is 0 Å². The number of nitrogens with one attached hydrogen (secondary N) is 1. The van der Waals surface area contributed by atoms with Crippen LogP contribution in [0, 0.1) is 0 Å². The van der Waals surface area contributed by atoms with E-state index in [4.69, 9.17) is 4.74 Å². The van der Waals surface area contributed by atoms with Gasteiger partial charge in [0.05, 0.1) is 11.3 Å². The van der Waals surface area contributed by atoms with Crippen molar-refractivity contribution in [3.05, 3.63) is 54.6 Å². The maximum absolute atomic E-state index is 12.1. The summed E-state index contributed by atoms with van der Waals surface area (Å²) in [4.78, 5) is 0. The van der Waals surface area contributed by atoms with E-state index in [0.29, 0.717) is 0 Å². The van der Waals surface area contributed by atoms with E-state index in [-0.39, 0.29) is 12.1 Å².